The van der Waals surface area contributed by atoms with Gasteiger partial charge in [-0.3, -0.25) is 4.79 Å². The highest BCUT2D eigenvalue weighted by Crippen LogP contribution is 2.14. The first kappa shape index (κ1) is 32.0. The molecular weight excluding hydrogens is 457 g/mol. The molecule has 0 aliphatic rings. The monoisotopic (exact) mass is 500 g/mol. The number of carboxylic acids is 1. The predicted molar refractivity (Wildman–Crippen MR) is 134 cm³/mol. The van der Waals surface area contributed by atoms with Crippen molar-refractivity contribution in [3.05, 3.63) is 29.8 Å². The zero-order valence-electron chi connectivity index (χ0n) is 20.5. The molecule has 1 atom stereocenters. The number of carbonyl (C=O) groups is 2. The molecule has 0 spiro atoms. The van der Waals surface area contributed by atoms with E-state index in [1.165, 1.54) is 76.3 Å². The van der Waals surface area contributed by atoms with Crippen molar-refractivity contribution in [2.75, 3.05) is 0 Å². The van der Waals surface area contributed by atoms with Gasteiger partial charge in [0.05, 0.1) is 0 Å². The van der Waals surface area contributed by atoms with E-state index in [0.29, 0.717) is 6.42 Å². The van der Waals surface area contributed by atoms with Crippen molar-refractivity contribution in [1.29, 1.82) is 0 Å². The van der Waals surface area contributed by atoms with E-state index in [1.807, 2.05) is 0 Å². The Balaban J connectivity index is 0.00000251. The highest BCUT2D eigenvalue weighted by atomic mass is 31.1. The summed E-state index contributed by atoms with van der Waals surface area (Å²) in [5, 5.41) is 21.3. The minimum atomic E-state index is -2.87. The molecule has 1 aromatic rings. The molecule has 1 aromatic carbocycles. The van der Waals surface area contributed by atoms with Crippen LogP contribution in [0.15, 0.2) is 24.3 Å². The highest BCUT2D eigenvalue weighted by Gasteiger charge is 2.20. The summed E-state index contributed by atoms with van der Waals surface area (Å²) >= 11 is 0. The first-order valence-corrected chi connectivity index (χ1v) is 13.6. The lowest BCUT2D eigenvalue weighted by Gasteiger charge is -2.14. The fraction of sp³-hybridized carbons (Fsp3) is 0.680. The normalized spacial score (nSPS) is 11.3. The Morgan fingerprint density at radius 1 is 0.824 bits per heavy atom. The quantitative estimate of drug-likeness (QED) is 0.130. The van der Waals surface area contributed by atoms with E-state index in [9.17, 15) is 19.8 Å². The zero-order chi connectivity index (χ0) is 25.6. The van der Waals surface area contributed by atoms with Gasteiger partial charge in [-0.2, -0.15) is 0 Å². The van der Waals surface area contributed by atoms with Gasteiger partial charge in [-0.1, -0.05) is 96.1 Å². The molecule has 0 aliphatic carbocycles. The van der Waals surface area contributed by atoms with Gasteiger partial charge in [0.1, 0.15) is 11.8 Å². The Morgan fingerprint density at radius 3 is 1.65 bits per heavy atom. The highest BCUT2D eigenvalue weighted by molar-refractivity contribution is 7.30. The van der Waals surface area contributed by atoms with Crippen molar-refractivity contribution < 1.29 is 34.2 Å². The van der Waals surface area contributed by atoms with Crippen molar-refractivity contribution in [3.63, 3.8) is 0 Å². The standard InChI is InChI=1S/C25H41NO4.HO3P/c1-2-3-4-5-6-7-8-9-10-11-12-13-14-15-24(28)26-23(25(29)30)20-21-16-18-22(27)19-17-21;1-4(2)3/h16-19,23,27H,2-15,20H2,1H3,(H,26,28)(H,29,30);(H-,1,2,3)/p+1. The number of unbranched alkanes of at least 4 members (excludes halogenated alkanes) is 12. The molecule has 1 rings (SSSR count). The number of aliphatic carboxylic acids is 1. The Bertz CT molecular complexity index is 678. The van der Waals surface area contributed by atoms with Gasteiger partial charge in [-0.05, 0) is 24.1 Å². The van der Waals surface area contributed by atoms with Gasteiger partial charge < -0.3 is 15.5 Å². The first-order valence-electron chi connectivity index (χ1n) is 12.4. The van der Waals surface area contributed by atoms with Crippen LogP contribution in [0, 0.1) is 0 Å². The maximum atomic E-state index is 12.1. The number of phenols is 1. The number of phenolic OH excluding ortho intramolecular Hbond substituents is 1. The summed E-state index contributed by atoms with van der Waals surface area (Å²) in [6.07, 6.45) is 16.9. The third-order valence-electron chi connectivity index (χ3n) is 5.52. The van der Waals surface area contributed by atoms with E-state index >= 15 is 0 Å². The minimum absolute atomic E-state index is 0.136. The molecule has 0 radical (unpaired) electrons. The fourth-order valence-corrected chi connectivity index (χ4v) is 3.64. The number of hydrogen-bond acceptors (Lipinski definition) is 4. The van der Waals surface area contributed by atoms with Gasteiger partial charge in [0.15, 0.2) is 0 Å². The molecule has 1 unspecified atom stereocenters. The Morgan fingerprint density at radius 2 is 1.24 bits per heavy atom. The largest absolute Gasteiger partial charge is 0.692 e. The van der Waals surface area contributed by atoms with E-state index in [2.05, 4.69) is 12.2 Å². The number of benzene rings is 1. The summed E-state index contributed by atoms with van der Waals surface area (Å²) in [5.41, 5.74) is 0.765. The van der Waals surface area contributed by atoms with Crippen molar-refractivity contribution >= 4 is 20.1 Å². The van der Waals surface area contributed by atoms with Crippen LogP contribution in [0.2, 0.25) is 0 Å². The lowest BCUT2D eigenvalue weighted by Crippen LogP contribution is -2.42. The number of rotatable bonds is 18. The maximum Gasteiger partial charge on any atom is 0.692 e. The third-order valence-corrected chi connectivity index (χ3v) is 5.52. The lowest BCUT2D eigenvalue weighted by atomic mass is 10.0. The molecule has 0 bridgehead atoms. The van der Waals surface area contributed by atoms with Gasteiger partial charge in [0, 0.05) is 17.4 Å². The summed E-state index contributed by atoms with van der Waals surface area (Å²) in [7, 11) is -2.87. The molecule has 0 fully saturated rings. The number of carbonyl (C=O) groups excluding carboxylic acids is 1. The van der Waals surface area contributed by atoms with Crippen LogP contribution in [-0.4, -0.2) is 37.9 Å². The van der Waals surface area contributed by atoms with Crippen LogP contribution >= 0.6 is 8.25 Å². The SMILES string of the molecule is CCCCCCCCCCCCCCCC(=O)NC(Cc1ccc(O)cc1)C(=O)O.O=[P+](O)O. The van der Waals surface area contributed by atoms with E-state index in [0.717, 1.165) is 24.8 Å². The topological polar surface area (TPSA) is 144 Å². The molecule has 34 heavy (non-hydrogen) atoms. The first-order chi connectivity index (χ1) is 16.3. The molecule has 1 amide bonds. The van der Waals surface area contributed by atoms with Gasteiger partial charge >= 0.3 is 14.2 Å². The van der Waals surface area contributed by atoms with Crippen molar-refractivity contribution in [3.8, 4) is 5.75 Å². The fourth-order valence-electron chi connectivity index (χ4n) is 3.64. The maximum absolute atomic E-state index is 12.1. The molecule has 0 aliphatic heterocycles. The van der Waals surface area contributed by atoms with Crippen molar-refractivity contribution in [1.82, 2.24) is 5.32 Å². The third kappa shape index (κ3) is 20.6. The smallest absolute Gasteiger partial charge is 0.508 e. The molecule has 9 heteroatoms. The van der Waals surface area contributed by atoms with Crippen LogP contribution in [0.3, 0.4) is 0 Å². The second kappa shape index (κ2) is 21.5. The molecule has 0 heterocycles. The second-order valence-corrected chi connectivity index (χ2v) is 9.08. The van der Waals surface area contributed by atoms with Gasteiger partial charge in [-0.25, -0.2) is 4.79 Å². The van der Waals surface area contributed by atoms with E-state index < -0.39 is 20.3 Å². The number of carboxylic acid groups (broad SMARTS) is 1. The number of hydrogen-bond donors (Lipinski definition) is 5. The number of nitrogens with one attached hydrogen (secondary N) is 1. The van der Waals surface area contributed by atoms with Crippen LogP contribution in [0.4, 0.5) is 0 Å². The summed E-state index contributed by atoms with van der Waals surface area (Å²) in [4.78, 5) is 37.8. The Labute approximate surface area is 204 Å². The Hall–Kier alpha value is -2.02. The van der Waals surface area contributed by atoms with E-state index in [1.54, 1.807) is 12.1 Å². The number of amides is 1. The average molecular weight is 501 g/mol. The Kier molecular flexibility index (Phi) is 20.2. The average Bonchev–Trinajstić information content (AvgIpc) is 2.77. The summed E-state index contributed by atoms with van der Waals surface area (Å²) < 4.78 is 8.70. The van der Waals surface area contributed by atoms with Crippen LogP contribution in [0.25, 0.3) is 0 Å². The predicted octanol–water partition coefficient (Wildman–Crippen LogP) is 5.61. The van der Waals surface area contributed by atoms with Gasteiger partial charge in [0.2, 0.25) is 5.91 Å². The van der Waals surface area contributed by atoms with Crippen LogP contribution in [-0.2, 0) is 20.6 Å². The van der Waals surface area contributed by atoms with Crippen LogP contribution in [0.5, 0.6) is 5.75 Å². The molecular formula is C25H43NO7P+. The zero-order valence-corrected chi connectivity index (χ0v) is 21.3. The van der Waals surface area contributed by atoms with Crippen molar-refractivity contribution in [2.24, 2.45) is 0 Å². The summed E-state index contributed by atoms with van der Waals surface area (Å²) in [6, 6.07) is 5.44. The summed E-state index contributed by atoms with van der Waals surface area (Å²) in [5.74, 6) is -1.11. The molecule has 0 aromatic heterocycles. The van der Waals surface area contributed by atoms with Crippen LogP contribution < -0.4 is 5.32 Å². The minimum Gasteiger partial charge on any atom is -0.508 e. The second-order valence-electron chi connectivity index (χ2n) is 8.57. The molecule has 8 nitrogen and oxygen atoms in total. The number of aromatic hydroxyl groups is 1. The molecule has 5 N–H and O–H groups in total. The van der Waals surface area contributed by atoms with Crippen molar-refractivity contribution in [2.45, 2.75) is 109 Å². The van der Waals surface area contributed by atoms with Gasteiger partial charge in [-0.15, -0.1) is 9.79 Å². The summed E-state index contributed by atoms with van der Waals surface area (Å²) in [6.45, 7) is 2.25. The van der Waals surface area contributed by atoms with E-state index in [4.69, 9.17) is 14.4 Å². The van der Waals surface area contributed by atoms with E-state index in [-0.39, 0.29) is 18.1 Å². The molecule has 0 saturated heterocycles. The molecule has 194 valence electrons. The molecule has 0 saturated carbocycles. The van der Waals surface area contributed by atoms with Gasteiger partial charge in [0.25, 0.3) is 0 Å². The van der Waals surface area contributed by atoms with Crippen LogP contribution in [0.1, 0.15) is 102 Å². The lowest BCUT2D eigenvalue weighted by molar-refractivity contribution is -0.141.